The van der Waals surface area contributed by atoms with Gasteiger partial charge >= 0.3 is 5.97 Å². The summed E-state index contributed by atoms with van der Waals surface area (Å²) in [4.78, 5) is 24.8. The van der Waals surface area contributed by atoms with Crippen molar-refractivity contribution in [3.63, 3.8) is 0 Å². The summed E-state index contributed by atoms with van der Waals surface area (Å²) in [5, 5.41) is 11.4. The summed E-state index contributed by atoms with van der Waals surface area (Å²) in [5.41, 5.74) is 0. The number of amides is 1. The van der Waals surface area contributed by atoms with Crippen molar-refractivity contribution in [3.8, 4) is 0 Å². The van der Waals surface area contributed by atoms with Gasteiger partial charge in [-0.3, -0.25) is 4.79 Å². The number of thiophene rings is 1. The normalized spacial score (nSPS) is 20.4. The molecule has 16 heavy (non-hydrogen) atoms. The van der Waals surface area contributed by atoms with Gasteiger partial charge in [0.25, 0.3) is 0 Å². The first-order valence-electron chi connectivity index (χ1n) is 4.83. The molecule has 0 radical (unpaired) electrons. The molecule has 1 saturated heterocycles. The van der Waals surface area contributed by atoms with Gasteiger partial charge in [-0.2, -0.15) is 0 Å². The van der Waals surface area contributed by atoms with Gasteiger partial charge in [-0.25, -0.2) is 4.79 Å². The molecule has 0 spiro atoms. The van der Waals surface area contributed by atoms with Crippen molar-refractivity contribution in [3.05, 3.63) is 21.3 Å². The molecular formula is C10H10ClNO3S. The Labute approximate surface area is 101 Å². The Morgan fingerprint density at radius 2 is 2.44 bits per heavy atom. The van der Waals surface area contributed by atoms with Crippen molar-refractivity contribution in [2.24, 2.45) is 0 Å². The van der Waals surface area contributed by atoms with Crippen molar-refractivity contribution >= 4 is 34.8 Å². The Balaban J connectivity index is 2.12. The molecule has 6 heteroatoms. The second-order valence-electron chi connectivity index (χ2n) is 3.65. The van der Waals surface area contributed by atoms with Crippen molar-refractivity contribution in [1.82, 2.24) is 4.90 Å². The fourth-order valence-corrected chi connectivity index (χ4v) is 2.86. The lowest BCUT2D eigenvalue weighted by Crippen LogP contribution is -2.37. The zero-order valence-electron chi connectivity index (χ0n) is 8.35. The molecule has 0 aromatic carbocycles. The topological polar surface area (TPSA) is 57.6 Å². The van der Waals surface area contributed by atoms with Crippen LogP contribution in [0.2, 0.25) is 5.02 Å². The highest BCUT2D eigenvalue weighted by molar-refractivity contribution is 7.10. The molecule has 1 aromatic heterocycles. The molecule has 1 amide bonds. The summed E-state index contributed by atoms with van der Waals surface area (Å²) in [6.07, 6.45) is 0.712. The smallest absolute Gasteiger partial charge is 0.326 e. The Morgan fingerprint density at radius 1 is 1.69 bits per heavy atom. The SMILES string of the molecule is O=C(O)C1CCC(=O)N1Cc1cc(Cl)cs1. The van der Waals surface area contributed by atoms with Crippen LogP contribution >= 0.6 is 22.9 Å². The first-order chi connectivity index (χ1) is 7.58. The van der Waals surface area contributed by atoms with Crippen molar-refractivity contribution in [1.29, 1.82) is 0 Å². The van der Waals surface area contributed by atoms with Crippen LogP contribution in [0, 0.1) is 0 Å². The van der Waals surface area contributed by atoms with E-state index in [0.717, 1.165) is 4.88 Å². The Kier molecular flexibility index (Phi) is 3.16. The van der Waals surface area contributed by atoms with Gasteiger partial charge in [0, 0.05) is 16.7 Å². The van der Waals surface area contributed by atoms with Crippen LogP contribution in [0.1, 0.15) is 17.7 Å². The number of rotatable bonds is 3. The van der Waals surface area contributed by atoms with E-state index < -0.39 is 12.0 Å². The van der Waals surface area contributed by atoms with Crippen LogP contribution < -0.4 is 0 Å². The van der Waals surface area contributed by atoms with E-state index in [0.29, 0.717) is 24.4 Å². The average molecular weight is 260 g/mol. The summed E-state index contributed by atoms with van der Waals surface area (Å²) in [6, 6.07) is 1.07. The second-order valence-corrected chi connectivity index (χ2v) is 5.08. The van der Waals surface area contributed by atoms with Crippen LogP contribution in [0.25, 0.3) is 0 Å². The number of carboxylic acids is 1. The molecule has 1 unspecified atom stereocenters. The highest BCUT2D eigenvalue weighted by Gasteiger charge is 2.35. The molecule has 0 saturated carbocycles. The molecule has 1 atom stereocenters. The van der Waals surface area contributed by atoms with Crippen molar-refractivity contribution < 1.29 is 14.7 Å². The molecule has 1 aliphatic rings. The third-order valence-corrected chi connectivity index (χ3v) is 3.83. The Hall–Kier alpha value is -1.07. The quantitative estimate of drug-likeness (QED) is 0.903. The summed E-state index contributed by atoms with van der Waals surface area (Å²) in [6.45, 7) is 0.340. The fourth-order valence-electron chi connectivity index (χ4n) is 1.79. The van der Waals surface area contributed by atoms with E-state index in [1.165, 1.54) is 16.2 Å². The van der Waals surface area contributed by atoms with Crippen LogP contribution in [-0.4, -0.2) is 27.9 Å². The number of aliphatic carboxylic acids is 1. The monoisotopic (exact) mass is 259 g/mol. The highest BCUT2D eigenvalue weighted by Crippen LogP contribution is 2.26. The Bertz CT molecular complexity index is 431. The van der Waals surface area contributed by atoms with Gasteiger partial charge in [0.2, 0.25) is 5.91 Å². The summed E-state index contributed by atoms with van der Waals surface area (Å²) in [7, 11) is 0. The second kappa shape index (κ2) is 4.43. The zero-order chi connectivity index (χ0) is 11.7. The van der Waals surface area contributed by atoms with Gasteiger partial charge < -0.3 is 10.0 Å². The van der Waals surface area contributed by atoms with E-state index in [4.69, 9.17) is 16.7 Å². The molecule has 86 valence electrons. The maximum absolute atomic E-state index is 11.5. The van der Waals surface area contributed by atoms with Gasteiger partial charge in [-0.15, -0.1) is 11.3 Å². The first-order valence-corrected chi connectivity index (χ1v) is 6.09. The highest BCUT2D eigenvalue weighted by atomic mass is 35.5. The lowest BCUT2D eigenvalue weighted by molar-refractivity contribution is -0.146. The number of carboxylic acid groups (broad SMARTS) is 1. The van der Waals surface area contributed by atoms with Crippen LogP contribution in [0.3, 0.4) is 0 Å². The van der Waals surface area contributed by atoms with Gasteiger partial charge in [-0.1, -0.05) is 11.6 Å². The third-order valence-electron chi connectivity index (χ3n) is 2.56. The predicted molar refractivity (Wildman–Crippen MR) is 60.5 cm³/mol. The molecule has 4 nitrogen and oxygen atoms in total. The van der Waals surface area contributed by atoms with Gasteiger partial charge in [0.1, 0.15) is 6.04 Å². The molecule has 2 rings (SSSR count). The largest absolute Gasteiger partial charge is 0.480 e. The number of carbonyl (C=O) groups is 2. The van der Waals surface area contributed by atoms with Crippen LogP contribution in [0.5, 0.6) is 0 Å². The number of hydrogen-bond acceptors (Lipinski definition) is 3. The number of likely N-dealkylation sites (tertiary alicyclic amines) is 1. The third kappa shape index (κ3) is 2.20. The standard InChI is InChI=1S/C10H10ClNO3S/c11-6-3-7(16-5-6)4-12-8(10(14)15)1-2-9(12)13/h3,5,8H,1-2,4H2,(H,14,15). The molecule has 1 N–H and O–H groups in total. The number of nitrogens with zero attached hydrogens (tertiary/aromatic N) is 1. The van der Waals surface area contributed by atoms with Crippen molar-refractivity contribution in [2.75, 3.05) is 0 Å². The molecule has 1 aliphatic heterocycles. The summed E-state index contributed by atoms with van der Waals surface area (Å²) >= 11 is 7.21. The lowest BCUT2D eigenvalue weighted by atomic mass is 10.2. The maximum Gasteiger partial charge on any atom is 0.326 e. The minimum absolute atomic E-state index is 0.100. The van der Waals surface area contributed by atoms with Crippen molar-refractivity contribution in [2.45, 2.75) is 25.4 Å². The average Bonchev–Trinajstić information content (AvgIpc) is 2.76. The molecule has 2 heterocycles. The van der Waals surface area contributed by atoms with E-state index in [2.05, 4.69) is 0 Å². The first kappa shape index (κ1) is 11.4. The number of carbonyl (C=O) groups excluding carboxylic acids is 1. The predicted octanol–water partition coefficient (Wildman–Crippen LogP) is 1.98. The zero-order valence-corrected chi connectivity index (χ0v) is 9.92. The molecular weight excluding hydrogens is 250 g/mol. The van der Waals surface area contributed by atoms with E-state index in [1.807, 2.05) is 0 Å². The molecule has 1 fully saturated rings. The number of halogens is 1. The molecule has 0 bridgehead atoms. The summed E-state index contributed by atoms with van der Waals surface area (Å²) in [5.74, 6) is -1.04. The van der Waals surface area contributed by atoms with Crippen LogP contribution in [0.4, 0.5) is 0 Å². The minimum atomic E-state index is -0.937. The summed E-state index contributed by atoms with van der Waals surface area (Å²) < 4.78 is 0. The van der Waals surface area contributed by atoms with Gasteiger partial charge in [-0.05, 0) is 12.5 Å². The fraction of sp³-hybridized carbons (Fsp3) is 0.400. The minimum Gasteiger partial charge on any atom is -0.480 e. The van der Waals surface area contributed by atoms with E-state index in [9.17, 15) is 9.59 Å². The van der Waals surface area contributed by atoms with E-state index in [1.54, 1.807) is 11.4 Å². The molecule has 0 aliphatic carbocycles. The van der Waals surface area contributed by atoms with Gasteiger partial charge in [0.15, 0.2) is 0 Å². The number of hydrogen-bond donors (Lipinski definition) is 1. The lowest BCUT2D eigenvalue weighted by Gasteiger charge is -2.20. The van der Waals surface area contributed by atoms with Crippen LogP contribution in [-0.2, 0) is 16.1 Å². The maximum atomic E-state index is 11.5. The Morgan fingerprint density at radius 3 is 3.00 bits per heavy atom. The van der Waals surface area contributed by atoms with E-state index in [-0.39, 0.29) is 5.91 Å². The van der Waals surface area contributed by atoms with Gasteiger partial charge in [0.05, 0.1) is 11.6 Å². The van der Waals surface area contributed by atoms with E-state index >= 15 is 0 Å². The molecule has 1 aromatic rings. The van der Waals surface area contributed by atoms with Crippen LogP contribution in [0.15, 0.2) is 11.4 Å².